The summed E-state index contributed by atoms with van der Waals surface area (Å²) < 4.78 is 128. The van der Waals surface area contributed by atoms with Gasteiger partial charge in [-0.2, -0.15) is 21.6 Å². The number of halogens is 5. The molecule has 0 aliphatic carbocycles. The third kappa shape index (κ3) is 7.06. The normalized spacial score (nSPS) is 12.1. The Hall–Kier alpha value is -5.39. The first-order valence-electron chi connectivity index (χ1n) is 14.8. The Kier molecular flexibility index (Phi) is 9.78. The largest absolute Gasteiger partial charge is 0.534 e. The van der Waals surface area contributed by atoms with Crippen LogP contribution in [0.5, 0.6) is 17.2 Å². The van der Waals surface area contributed by atoms with Crippen LogP contribution >= 0.6 is 11.6 Å². The van der Waals surface area contributed by atoms with Gasteiger partial charge in [0.25, 0.3) is 10.0 Å². The first-order chi connectivity index (χ1) is 24.6. The van der Waals surface area contributed by atoms with Gasteiger partial charge < -0.3 is 18.2 Å². The molecule has 52 heavy (non-hydrogen) atoms. The van der Waals surface area contributed by atoms with Gasteiger partial charge in [0, 0.05) is 33.0 Å². The fraction of sp³-hybridized carbons (Fsp3) is 0.118. The highest BCUT2D eigenvalue weighted by atomic mass is 35.5. The van der Waals surface area contributed by atoms with Crippen molar-refractivity contribution in [3.8, 4) is 39.6 Å². The van der Waals surface area contributed by atoms with Gasteiger partial charge in [-0.3, -0.25) is 4.98 Å². The summed E-state index contributed by atoms with van der Waals surface area (Å²) in [6, 6.07) is 19.6. The van der Waals surface area contributed by atoms with Crippen molar-refractivity contribution in [3.05, 3.63) is 114 Å². The zero-order valence-electron chi connectivity index (χ0n) is 26.8. The van der Waals surface area contributed by atoms with Crippen LogP contribution < -0.4 is 18.0 Å². The molecule has 0 fully saturated rings. The molecule has 0 radical (unpaired) electrons. The van der Waals surface area contributed by atoms with Crippen LogP contribution in [-0.4, -0.2) is 46.7 Å². The molecule has 18 heteroatoms. The maximum absolute atomic E-state index is 14.3. The Balaban J connectivity index is 1.54. The van der Waals surface area contributed by atoms with Crippen molar-refractivity contribution >= 4 is 48.3 Å². The molecular formula is C34H24ClF4N3O8S2. The number of hydrogen-bond acceptors (Lipinski definition) is 10. The van der Waals surface area contributed by atoms with Crippen LogP contribution in [0.25, 0.3) is 33.2 Å². The highest BCUT2D eigenvalue weighted by Gasteiger charge is 2.49. The van der Waals surface area contributed by atoms with Crippen molar-refractivity contribution in [1.29, 1.82) is 0 Å². The maximum Gasteiger partial charge on any atom is 0.534 e. The Bertz CT molecular complexity index is 2500. The summed E-state index contributed by atoms with van der Waals surface area (Å²) in [5, 5.41) is 3.46. The quantitative estimate of drug-likeness (QED) is 0.0723. The fourth-order valence-corrected chi connectivity index (χ4v) is 7.39. The summed E-state index contributed by atoms with van der Waals surface area (Å²) in [4.78, 5) is 3.72. The predicted octanol–water partition coefficient (Wildman–Crippen LogP) is 7.99. The maximum atomic E-state index is 14.3. The number of ether oxygens (including phenoxy) is 2. The number of fused-ring (bicyclic) bond motifs is 1. The summed E-state index contributed by atoms with van der Waals surface area (Å²) in [6.07, 6.45) is 1.86. The third-order valence-electron chi connectivity index (χ3n) is 7.74. The van der Waals surface area contributed by atoms with E-state index in [0.717, 1.165) is 22.7 Å². The molecular weight excluding hydrogens is 754 g/mol. The number of methoxy groups -OCH3 is 2. The number of benzene rings is 4. The Morgan fingerprint density at radius 3 is 2.23 bits per heavy atom. The van der Waals surface area contributed by atoms with Crippen LogP contribution in [0.15, 0.2) is 107 Å². The molecule has 2 heterocycles. The number of pyridine rings is 1. The molecule has 4 aromatic carbocycles. The monoisotopic (exact) mass is 777 g/mol. The predicted molar refractivity (Wildman–Crippen MR) is 183 cm³/mol. The second-order valence-corrected chi connectivity index (χ2v) is 14.7. The number of alkyl halides is 3. The summed E-state index contributed by atoms with van der Waals surface area (Å²) >= 11 is 6.63. The van der Waals surface area contributed by atoms with Crippen LogP contribution in [0.1, 0.15) is 5.56 Å². The minimum atomic E-state index is -6.23. The van der Waals surface area contributed by atoms with Crippen molar-refractivity contribution in [2.24, 2.45) is 0 Å². The van der Waals surface area contributed by atoms with E-state index < -0.39 is 42.1 Å². The fourth-order valence-electron chi connectivity index (χ4n) is 5.24. The molecule has 270 valence electrons. The number of aromatic nitrogens is 2. The van der Waals surface area contributed by atoms with Crippen LogP contribution in [0.2, 0.25) is 5.02 Å². The average molecular weight is 778 g/mol. The van der Waals surface area contributed by atoms with Crippen LogP contribution in [0, 0.1) is 5.82 Å². The average Bonchev–Trinajstić information content (AvgIpc) is 3.65. The molecule has 2 aromatic heterocycles. The Labute approximate surface area is 299 Å². The molecule has 0 N–H and O–H groups in total. The van der Waals surface area contributed by atoms with Gasteiger partial charge in [0.1, 0.15) is 23.6 Å². The second-order valence-electron chi connectivity index (χ2n) is 10.9. The summed E-state index contributed by atoms with van der Waals surface area (Å²) in [5.41, 5.74) is -4.34. The highest BCUT2D eigenvalue weighted by molar-refractivity contribution is 7.92. The van der Waals surface area contributed by atoms with Gasteiger partial charge in [-0.25, -0.2) is 17.1 Å². The molecule has 0 spiro atoms. The Morgan fingerprint density at radius 2 is 1.60 bits per heavy atom. The molecule has 0 aliphatic rings. The van der Waals surface area contributed by atoms with E-state index in [1.807, 2.05) is 0 Å². The first-order valence-corrected chi connectivity index (χ1v) is 18.0. The number of rotatable bonds is 11. The number of anilines is 1. The first kappa shape index (κ1) is 36.4. The zero-order valence-corrected chi connectivity index (χ0v) is 29.1. The molecule has 0 amide bonds. The van der Waals surface area contributed by atoms with Gasteiger partial charge >= 0.3 is 15.6 Å². The van der Waals surface area contributed by atoms with E-state index in [1.165, 1.54) is 56.7 Å². The van der Waals surface area contributed by atoms with Crippen LogP contribution in [0.4, 0.5) is 23.4 Å². The third-order valence-corrected chi connectivity index (χ3v) is 10.8. The van der Waals surface area contributed by atoms with Crippen LogP contribution in [-0.2, 0) is 26.7 Å². The van der Waals surface area contributed by atoms with E-state index in [9.17, 15) is 34.4 Å². The van der Waals surface area contributed by atoms with Crippen molar-refractivity contribution in [2.75, 3.05) is 18.5 Å². The van der Waals surface area contributed by atoms with Crippen molar-refractivity contribution < 1.29 is 52.6 Å². The van der Waals surface area contributed by atoms with E-state index in [-0.39, 0.29) is 45.2 Å². The van der Waals surface area contributed by atoms with Crippen LogP contribution in [0.3, 0.4) is 0 Å². The smallest absolute Gasteiger partial charge is 0.497 e. The highest BCUT2D eigenvalue weighted by Crippen LogP contribution is 2.43. The standard InChI is InChI=1S/C34H24ClF4N3O8S2/c1-47-23-8-6-20(7-9-23)19-42(32-12-13-49-41-32)51(43,44)24-10-11-25-27(15-24)31(50-52(45,46)34(37,38)39)18-40-33(25)28-16-29(35)26(17-30(28)48-2)21-4-3-5-22(36)14-21/h3-18H,19H2,1-2H3. The van der Waals surface area contributed by atoms with Crippen molar-refractivity contribution in [3.63, 3.8) is 0 Å². The lowest BCUT2D eigenvalue weighted by molar-refractivity contribution is -0.0499. The van der Waals surface area contributed by atoms with Gasteiger partial charge in [-0.05, 0) is 59.7 Å². The lowest BCUT2D eigenvalue weighted by Gasteiger charge is -2.22. The number of nitrogens with zero attached hydrogens (tertiary/aromatic N) is 3. The van der Waals surface area contributed by atoms with Gasteiger partial charge in [0.15, 0.2) is 11.6 Å². The number of sulfonamides is 1. The minimum Gasteiger partial charge on any atom is -0.497 e. The topological polar surface area (TPSA) is 138 Å². The van der Waals surface area contributed by atoms with E-state index in [4.69, 9.17) is 25.6 Å². The van der Waals surface area contributed by atoms with Gasteiger partial charge in [0.2, 0.25) is 0 Å². The molecule has 0 saturated heterocycles. The number of hydrogen-bond donors (Lipinski definition) is 0. The molecule has 6 aromatic rings. The molecule has 0 unspecified atom stereocenters. The molecule has 0 saturated carbocycles. The summed E-state index contributed by atoms with van der Waals surface area (Å²) in [7, 11) is -8.05. The van der Waals surface area contributed by atoms with E-state index >= 15 is 0 Å². The molecule has 11 nitrogen and oxygen atoms in total. The molecule has 6 rings (SSSR count). The molecule has 0 aliphatic heterocycles. The summed E-state index contributed by atoms with van der Waals surface area (Å²) in [6.45, 7) is -0.266. The Morgan fingerprint density at radius 1 is 0.846 bits per heavy atom. The van der Waals surface area contributed by atoms with Crippen molar-refractivity contribution in [1.82, 2.24) is 10.1 Å². The van der Waals surface area contributed by atoms with E-state index in [1.54, 1.807) is 30.3 Å². The second kappa shape index (κ2) is 14.0. The lowest BCUT2D eigenvalue weighted by atomic mass is 9.98. The van der Waals surface area contributed by atoms with Gasteiger partial charge in [-0.15, -0.1) is 0 Å². The molecule has 0 bridgehead atoms. The van der Waals surface area contributed by atoms with E-state index in [0.29, 0.717) is 28.6 Å². The molecule has 0 atom stereocenters. The lowest BCUT2D eigenvalue weighted by Crippen LogP contribution is -2.31. The van der Waals surface area contributed by atoms with Crippen molar-refractivity contribution in [2.45, 2.75) is 16.9 Å². The zero-order chi connectivity index (χ0) is 37.4. The van der Waals surface area contributed by atoms with Gasteiger partial charge in [-0.1, -0.05) is 47.1 Å². The minimum absolute atomic E-state index is 0.00633. The van der Waals surface area contributed by atoms with E-state index in [2.05, 4.69) is 14.3 Å². The summed E-state index contributed by atoms with van der Waals surface area (Å²) in [5.74, 6) is -0.910. The van der Waals surface area contributed by atoms with Gasteiger partial charge in [0.05, 0.1) is 37.6 Å². The SMILES string of the molecule is COc1ccc(CN(c2ccon2)S(=O)(=O)c2ccc3c(-c4cc(Cl)c(-c5cccc(F)c5)cc4OC)ncc(OS(=O)(=O)C(F)(F)F)c3c2)cc1.